The second kappa shape index (κ2) is 9.91. The number of hydrogen-bond donors (Lipinski definition) is 1. The normalized spacial score (nSPS) is 11.5. The van der Waals surface area contributed by atoms with E-state index < -0.39 is 9.84 Å². The Morgan fingerprint density at radius 2 is 1.85 bits per heavy atom. The molecule has 0 radical (unpaired) electrons. The number of imidazole rings is 1. The highest BCUT2D eigenvalue weighted by Gasteiger charge is 2.28. The Labute approximate surface area is 193 Å². The number of hydrogen-bond acceptors (Lipinski definition) is 7. The Bertz CT molecular complexity index is 1280. The molecule has 0 fully saturated rings. The van der Waals surface area contributed by atoms with Crippen LogP contribution in [-0.2, 0) is 16.4 Å². The second-order valence-electron chi connectivity index (χ2n) is 7.51. The third-order valence-corrected chi connectivity index (χ3v) is 6.71. The van der Waals surface area contributed by atoms with E-state index in [1.54, 1.807) is 61.1 Å². The van der Waals surface area contributed by atoms with Crippen molar-refractivity contribution in [1.29, 1.82) is 0 Å². The average Bonchev–Trinajstić information content (AvgIpc) is 3.48. The first-order valence-corrected chi connectivity index (χ1v) is 12.2. The Morgan fingerprint density at radius 3 is 2.52 bits per heavy atom. The standard InChI is InChI=1S/C24H26N4O4S/c1-3-31-20-9-7-19(8-10-20)22-27-24(33(29,30)21-11-5-18(2)6-12-21)23(32-22)26-13-4-15-28-16-14-25-17-28/h5-12,14,16-17,26H,3-4,13,15H2,1-2H3. The van der Waals surface area contributed by atoms with E-state index in [9.17, 15) is 8.42 Å². The van der Waals surface area contributed by atoms with Gasteiger partial charge in [-0.2, -0.15) is 4.98 Å². The lowest BCUT2D eigenvalue weighted by atomic mass is 10.2. The molecule has 9 heteroatoms. The number of aromatic nitrogens is 3. The zero-order chi connectivity index (χ0) is 23.3. The molecule has 0 unspecified atom stereocenters. The molecule has 0 spiro atoms. The van der Waals surface area contributed by atoms with Crippen LogP contribution in [0.3, 0.4) is 0 Å². The Hall–Kier alpha value is -3.59. The van der Waals surface area contributed by atoms with E-state index in [1.165, 1.54) is 0 Å². The van der Waals surface area contributed by atoms with Crippen LogP contribution in [0.15, 0.2) is 81.6 Å². The maximum absolute atomic E-state index is 13.4. The van der Waals surface area contributed by atoms with Gasteiger partial charge >= 0.3 is 0 Å². The molecule has 2 aromatic heterocycles. The minimum absolute atomic E-state index is 0.127. The molecule has 0 aliphatic heterocycles. The summed E-state index contributed by atoms with van der Waals surface area (Å²) in [5.74, 6) is 1.07. The fourth-order valence-corrected chi connectivity index (χ4v) is 4.57. The number of rotatable bonds is 10. The van der Waals surface area contributed by atoms with Gasteiger partial charge in [-0.15, -0.1) is 0 Å². The lowest BCUT2D eigenvalue weighted by molar-refractivity contribution is 0.340. The van der Waals surface area contributed by atoms with Gasteiger partial charge in [-0.3, -0.25) is 0 Å². The molecule has 33 heavy (non-hydrogen) atoms. The molecule has 2 aromatic carbocycles. The number of anilines is 1. The quantitative estimate of drug-likeness (QED) is 0.342. The third-order valence-electron chi connectivity index (χ3n) is 5.03. The Balaban J connectivity index is 1.62. The van der Waals surface area contributed by atoms with Crippen molar-refractivity contribution >= 4 is 15.7 Å². The van der Waals surface area contributed by atoms with Crippen molar-refractivity contribution < 1.29 is 17.6 Å². The molecule has 0 bridgehead atoms. The van der Waals surface area contributed by atoms with Gasteiger partial charge in [0.1, 0.15) is 5.75 Å². The number of sulfone groups is 1. The van der Waals surface area contributed by atoms with Gasteiger partial charge in [0.05, 0.1) is 17.8 Å². The molecule has 0 saturated carbocycles. The van der Waals surface area contributed by atoms with E-state index in [1.807, 2.05) is 24.6 Å². The van der Waals surface area contributed by atoms with Gasteiger partial charge in [0, 0.05) is 31.0 Å². The summed E-state index contributed by atoms with van der Waals surface area (Å²) in [5, 5.41) is 2.99. The molecule has 0 saturated heterocycles. The van der Waals surface area contributed by atoms with Crippen molar-refractivity contribution in [3.05, 3.63) is 72.8 Å². The summed E-state index contributed by atoms with van der Waals surface area (Å²) in [4.78, 5) is 8.58. The summed E-state index contributed by atoms with van der Waals surface area (Å²) >= 11 is 0. The molecule has 2 heterocycles. The molecule has 0 atom stereocenters. The van der Waals surface area contributed by atoms with Crippen LogP contribution < -0.4 is 10.1 Å². The monoisotopic (exact) mass is 466 g/mol. The van der Waals surface area contributed by atoms with E-state index in [-0.39, 0.29) is 21.7 Å². The van der Waals surface area contributed by atoms with E-state index in [0.717, 1.165) is 24.3 Å². The zero-order valence-electron chi connectivity index (χ0n) is 18.6. The number of oxazole rings is 1. The van der Waals surface area contributed by atoms with E-state index in [0.29, 0.717) is 18.7 Å². The molecular formula is C24H26N4O4S. The van der Waals surface area contributed by atoms with E-state index in [4.69, 9.17) is 9.15 Å². The van der Waals surface area contributed by atoms with Crippen molar-refractivity contribution in [2.75, 3.05) is 18.5 Å². The van der Waals surface area contributed by atoms with E-state index in [2.05, 4.69) is 15.3 Å². The minimum atomic E-state index is -3.88. The smallest absolute Gasteiger partial charge is 0.233 e. The van der Waals surface area contributed by atoms with Crippen LogP contribution in [0.2, 0.25) is 0 Å². The highest BCUT2D eigenvalue weighted by molar-refractivity contribution is 7.91. The minimum Gasteiger partial charge on any atom is -0.494 e. The van der Waals surface area contributed by atoms with Crippen molar-refractivity contribution in [3.8, 4) is 17.2 Å². The van der Waals surface area contributed by atoms with Crippen LogP contribution in [0.5, 0.6) is 5.75 Å². The first-order valence-electron chi connectivity index (χ1n) is 10.7. The summed E-state index contributed by atoms with van der Waals surface area (Å²) in [6, 6.07) is 13.9. The molecule has 172 valence electrons. The fraction of sp³-hybridized carbons (Fsp3) is 0.250. The van der Waals surface area contributed by atoms with Gasteiger partial charge in [0.2, 0.25) is 26.6 Å². The predicted octanol–water partition coefficient (Wildman–Crippen LogP) is 4.58. The average molecular weight is 467 g/mol. The Kier molecular flexibility index (Phi) is 6.79. The first-order chi connectivity index (χ1) is 16.0. The topological polar surface area (TPSA) is 99.2 Å². The number of aryl methyl sites for hydroxylation is 2. The van der Waals surface area contributed by atoms with Crippen LogP contribution >= 0.6 is 0 Å². The molecule has 0 aliphatic carbocycles. The van der Waals surface area contributed by atoms with Gasteiger partial charge in [-0.25, -0.2) is 13.4 Å². The van der Waals surface area contributed by atoms with Crippen molar-refractivity contribution in [2.24, 2.45) is 0 Å². The summed E-state index contributed by atoms with van der Waals surface area (Å²) < 4.78 is 40.1. The van der Waals surface area contributed by atoms with Crippen molar-refractivity contribution in [3.63, 3.8) is 0 Å². The highest BCUT2D eigenvalue weighted by atomic mass is 32.2. The van der Waals surface area contributed by atoms with Crippen LogP contribution in [-0.4, -0.2) is 36.1 Å². The number of nitrogens with one attached hydrogen (secondary N) is 1. The van der Waals surface area contributed by atoms with Crippen LogP contribution in [0.25, 0.3) is 11.5 Å². The summed E-state index contributed by atoms with van der Waals surface area (Å²) in [7, 11) is -3.88. The van der Waals surface area contributed by atoms with Crippen LogP contribution in [0.4, 0.5) is 5.88 Å². The summed E-state index contributed by atoms with van der Waals surface area (Å²) in [5.41, 5.74) is 1.63. The largest absolute Gasteiger partial charge is 0.494 e. The van der Waals surface area contributed by atoms with Gasteiger partial charge in [0.25, 0.3) is 0 Å². The summed E-state index contributed by atoms with van der Waals surface area (Å²) in [6.07, 6.45) is 6.09. The molecular weight excluding hydrogens is 440 g/mol. The lowest BCUT2D eigenvalue weighted by Gasteiger charge is -2.07. The van der Waals surface area contributed by atoms with Gasteiger partial charge in [-0.05, 0) is 56.7 Å². The van der Waals surface area contributed by atoms with Crippen molar-refractivity contribution in [2.45, 2.75) is 36.7 Å². The van der Waals surface area contributed by atoms with Crippen molar-refractivity contribution in [1.82, 2.24) is 14.5 Å². The summed E-state index contributed by atoms with van der Waals surface area (Å²) in [6.45, 7) is 5.63. The highest BCUT2D eigenvalue weighted by Crippen LogP contribution is 2.33. The SMILES string of the molecule is CCOc1ccc(-c2nc(S(=O)(=O)c3ccc(C)cc3)c(NCCCn3ccnc3)o2)cc1. The number of ether oxygens (including phenoxy) is 1. The molecule has 0 aliphatic rings. The van der Waals surface area contributed by atoms with Crippen LogP contribution in [0, 0.1) is 6.92 Å². The number of benzene rings is 2. The molecule has 1 N–H and O–H groups in total. The van der Waals surface area contributed by atoms with Gasteiger partial charge in [-0.1, -0.05) is 17.7 Å². The predicted molar refractivity (Wildman–Crippen MR) is 125 cm³/mol. The van der Waals surface area contributed by atoms with Crippen LogP contribution in [0.1, 0.15) is 18.9 Å². The Morgan fingerprint density at radius 1 is 1.09 bits per heavy atom. The van der Waals surface area contributed by atoms with Gasteiger partial charge in [0.15, 0.2) is 0 Å². The maximum Gasteiger partial charge on any atom is 0.233 e. The maximum atomic E-state index is 13.4. The second-order valence-corrected chi connectivity index (χ2v) is 9.37. The molecule has 0 amide bonds. The van der Waals surface area contributed by atoms with Gasteiger partial charge < -0.3 is 19.0 Å². The molecule has 4 rings (SSSR count). The first kappa shape index (κ1) is 22.6. The third kappa shape index (κ3) is 5.25. The fourth-order valence-electron chi connectivity index (χ4n) is 3.30. The molecule has 8 nitrogen and oxygen atoms in total. The zero-order valence-corrected chi connectivity index (χ0v) is 19.4. The number of nitrogens with zero attached hydrogens (tertiary/aromatic N) is 3. The van der Waals surface area contributed by atoms with E-state index >= 15 is 0 Å². The lowest BCUT2D eigenvalue weighted by Crippen LogP contribution is -2.10. The molecule has 4 aromatic rings.